The quantitative estimate of drug-likeness (QED) is 0.151. The van der Waals surface area contributed by atoms with Gasteiger partial charge in [0.15, 0.2) is 34.9 Å². The fourth-order valence-electron chi connectivity index (χ4n) is 7.63. The molecular formula is C53H33N7S. The molecule has 7 aromatic carbocycles. The van der Waals surface area contributed by atoms with Gasteiger partial charge in [-0.15, -0.1) is 11.3 Å². The zero-order valence-corrected chi connectivity index (χ0v) is 33.4. The molecule has 0 saturated heterocycles. The van der Waals surface area contributed by atoms with Gasteiger partial charge < -0.3 is 0 Å². The van der Waals surface area contributed by atoms with E-state index in [0.717, 1.165) is 61.2 Å². The first-order valence-electron chi connectivity index (χ1n) is 20.0. The lowest BCUT2D eigenvalue weighted by molar-refractivity contribution is 1.07. The Hall–Kier alpha value is -8.07. The third kappa shape index (κ3) is 7.11. The number of hydrogen-bond acceptors (Lipinski definition) is 8. The monoisotopic (exact) mass is 799 g/mol. The van der Waals surface area contributed by atoms with Crippen LogP contribution in [-0.2, 0) is 0 Å². The summed E-state index contributed by atoms with van der Waals surface area (Å²) >= 11 is 1.79. The van der Waals surface area contributed by atoms with E-state index in [2.05, 4.69) is 77.8 Å². The number of aromatic nitrogens is 7. The highest BCUT2D eigenvalue weighted by molar-refractivity contribution is 7.26. The van der Waals surface area contributed by atoms with E-state index in [9.17, 15) is 0 Å². The van der Waals surface area contributed by atoms with E-state index in [1.807, 2.05) is 121 Å². The third-order valence-electron chi connectivity index (χ3n) is 10.6. The molecule has 0 amide bonds. The fourth-order valence-corrected chi connectivity index (χ4v) is 8.85. The first-order chi connectivity index (χ1) is 30.2. The van der Waals surface area contributed by atoms with Crippen LogP contribution >= 0.6 is 11.3 Å². The van der Waals surface area contributed by atoms with Crippen molar-refractivity contribution in [3.8, 4) is 90.7 Å². The van der Waals surface area contributed by atoms with E-state index in [1.165, 1.54) is 14.8 Å². The van der Waals surface area contributed by atoms with Gasteiger partial charge >= 0.3 is 0 Å². The number of fused-ring (bicyclic) bond motifs is 3. The van der Waals surface area contributed by atoms with Gasteiger partial charge in [-0.2, -0.15) is 0 Å². The Balaban J connectivity index is 1.00. The number of nitrogens with zero attached hydrogens (tertiary/aromatic N) is 7. The topological polar surface area (TPSA) is 90.2 Å². The fraction of sp³-hybridized carbons (Fsp3) is 0. The Bertz CT molecular complexity index is 3300. The van der Waals surface area contributed by atoms with Crippen LogP contribution in [0.15, 0.2) is 200 Å². The number of benzene rings is 7. The first-order valence-corrected chi connectivity index (χ1v) is 20.8. The van der Waals surface area contributed by atoms with Crippen molar-refractivity contribution >= 4 is 31.5 Å². The Morgan fingerprint density at radius 3 is 1.28 bits per heavy atom. The first kappa shape index (κ1) is 36.0. The largest absolute Gasteiger partial charge is 0.256 e. The van der Waals surface area contributed by atoms with Crippen LogP contribution in [0.4, 0.5) is 0 Å². The minimum absolute atomic E-state index is 0.597. The minimum Gasteiger partial charge on any atom is -0.256 e. The Kier molecular flexibility index (Phi) is 9.22. The van der Waals surface area contributed by atoms with Crippen LogP contribution in [0.3, 0.4) is 0 Å². The van der Waals surface area contributed by atoms with Gasteiger partial charge in [0.05, 0.1) is 5.69 Å². The predicted octanol–water partition coefficient (Wildman–Crippen LogP) is 13.2. The van der Waals surface area contributed by atoms with Gasteiger partial charge in [0.1, 0.15) is 0 Å². The van der Waals surface area contributed by atoms with E-state index in [-0.39, 0.29) is 0 Å². The minimum atomic E-state index is 0.597. The molecule has 0 spiro atoms. The number of thiophene rings is 1. The predicted molar refractivity (Wildman–Crippen MR) is 247 cm³/mol. The summed E-state index contributed by atoms with van der Waals surface area (Å²) in [5.41, 5.74) is 9.62. The van der Waals surface area contributed by atoms with Gasteiger partial charge in [0.2, 0.25) is 0 Å². The van der Waals surface area contributed by atoms with E-state index < -0.39 is 0 Å². The standard InChI is InChI=1S/C53H33N7S/c1-4-15-34(16-5-1)48-55-49(35-17-6-2-7-18-35)59-53(58-48)41-28-29-46-44(33-41)43-26-14-25-42(47(43)61-46)37-21-12-23-39(31-37)51-56-50(36-19-8-3-9-20-36)57-52(60-51)40-24-13-22-38(32-40)45-27-10-11-30-54-45/h1-33H. The molecule has 0 saturated carbocycles. The molecule has 0 bridgehead atoms. The third-order valence-corrected chi connectivity index (χ3v) is 11.9. The highest BCUT2D eigenvalue weighted by Crippen LogP contribution is 2.42. The van der Waals surface area contributed by atoms with Crippen molar-refractivity contribution < 1.29 is 0 Å². The molecule has 0 unspecified atom stereocenters. The normalized spacial score (nSPS) is 11.3. The molecule has 61 heavy (non-hydrogen) atoms. The summed E-state index contributed by atoms with van der Waals surface area (Å²) in [6.07, 6.45) is 1.81. The Morgan fingerprint density at radius 1 is 0.295 bits per heavy atom. The summed E-state index contributed by atoms with van der Waals surface area (Å²) in [7, 11) is 0. The van der Waals surface area contributed by atoms with Crippen molar-refractivity contribution in [2.75, 3.05) is 0 Å². The molecular weight excluding hydrogens is 767 g/mol. The lowest BCUT2D eigenvalue weighted by Crippen LogP contribution is -2.00. The molecule has 0 fully saturated rings. The van der Waals surface area contributed by atoms with Crippen molar-refractivity contribution in [3.05, 3.63) is 200 Å². The zero-order chi connectivity index (χ0) is 40.5. The molecule has 0 aliphatic carbocycles. The summed E-state index contributed by atoms with van der Waals surface area (Å²) in [5, 5.41) is 2.33. The molecule has 11 aromatic rings. The molecule has 4 heterocycles. The van der Waals surface area contributed by atoms with E-state index in [4.69, 9.17) is 29.9 Å². The van der Waals surface area contributed by atoms with Gasteiger partial charge in [-0.05, 0) is 53.6 Å². The second-order valence-corrected chi connectivity index (χ2v) is 15.6. The number of pyridine rings is 1. The maximum absolute atomic E-state index is 5.10. The average Bonchev–Trinajstić information content (AvgIpc) is 3.73. The van der Waals surface area contributed by atoms with Crippen molar-refractivity contribution in [2.24, 2.45) is 0 Å². The van der Waals surface area contributed by atoms with Crippen LogP contribution in [0.5, 0.6) is 0 Å². The molecule has 0 radical (unpaired) electrons. The maximum Gasteiger partial charge on any atom is 0.164 e. The van der Waals surface area contributed by atoms with Gasteiger partial charge in [0, 0.05) is 65.3 Å². The zero-order valence-electron chi connectivity index (χ0n) is 32.6. The number of hydrogen-bond donors (Lipinski definition) is 0. The SMILES string of the molecule is c1ccc(-c2nc(-c3cccc(-c4ccccn4)c3)nc(-c3cccc(-c4cccc5c4sc4ccc(-c6nc(-c7ccccc7)nc(-c7ccccc7)n6)cc45)c3)n2)cc1. The summed E-state index contributed by atoms with van der Waals surface area (Å²) in [6.45, 7) is 0. The summed E-state index contributed by atoms with van der Waals surface area (Å²) in [5.74, 6) is 3.72. The van der Waals surface area contributed by atoms with Crippen LogP contribution in [0.25, 0.3) is 111 Å². The number of rotatable bonds is 8. The summed E-state index contributed by atoms with van der Waals surface area (Å²) < 4.78 is 2.38. The molecule has 8 heteroatoms. The van der Waals surface area contributed by atoms with Crippen molar-refractivity contribution in [1.29, 1.82) is 0 Å². The van der Waals surface area contributed by atoms with Crippen LogP contribution in [0.1, 0.15) is 0 Å². The van der Waals surface area contributed by atoms with E-state index in [1.54, 1.807) is 17.5 Å². The maximum atomic E-state index is 5.10. The second kappa shape index (κ2) is 15.6. The second-order valence-electron chi connectivity index (χ2n) is 14.6. The van der Waals surface area contributed by atoms with Crippen molar-refractivity contribution in [3.63, 3.8) is 0 Å². The molecule has 286 valence electrons. The Labute approximate surface area is 355 Å². The van der Waals surface area contributed by atoms with Gasteiger partial charge in [-0.3, -0.25) is 4.98 Å². The van der Waals surface area contributed by atoms with Gasteiger partial charge in [-0.1, -0.05) is 152 Å². The molecule has 0 aliphatic heterocycles. The van der Waals surface area contributed by atoms with E-state index >= 15 is 0 Å². The van der Waals surface area contributed by atoms with Crippen LogP contribution < -0.4 is 0 Å². The lowest BCUT2D eigenvalue weighted by Gasteiger charge is -2.11. The molecule has 0 aliphatic rings. The highest BCUT2D eigenvalue weighted by atomic mass is 32.1. The van der Waals surface area contributed by atoms with Crippen LogP contribution in [0, 0.1) is 0 Å². The average molecular weight is 800 g/mol. The molecule has 0 N–H and O–H groups in total. The summed E-state index contributed by atoms with van der Waals surface area (Å²) in [4.78, 5) is 34.6. The molecule has 4 aromatic heterocycles. The smallest absolute Gasteiger partial charge is 0.164 e. The van der Waals surface area contributed by atoms with Gasteiger partial charge in [-0.25, -0.2) is 29.9 Å². The van der Waals surface area contributed by atoms with Crippen LogP contribution in [-0.4, -0.2) is 34.9 Å². The lowest BCUT2D eigenvalue weighted by atomic mass is 10.00. The molecule has 11 rings (SSSR count). The Morgan fingerprint density at radius 2 is 0.738 bits per heavy atom. The van der Waals surface area contributed by atoms with Gasteiger partial charge in [0.25, 0.3) is 0 Å². The van der Waals surface area contributed by atoms with E-state index in [0.29, 0.717) is 34.9 Å². The summed E-state index contributed by atoms with van der Waals surface area (Å²) in [6, 6.07) is 65.9. The van der Waals surface area contributed by atoms with Crippen LogP contribution in [0.2, 0.25) is 0 Å². The van der Waals surface area contributed by atoms with Crippen molar-refractivity contribution in [1.82, 2.24) is 34.9 Å². The van der Waals surface area contributed by atoms with Crippen molar-refractivity contribution in [2.45, 2.75) is 0 Å². The highest BCUT2D eigenvalue weighted by Gasteiger charge is 2.18. The molecule has 0 atom stereocenters. The molecule has 7 nitrogen and oxygen atoms in total.